The van der Waals surface area contributed by atoms with Crippen molar-refractivity contribution in [3.05, 3.63) is 60.2 Å². The lowest BCUT2D eigenvalue weighted by Crippen LogP contribution is -2.45. The zero-order valence-electron chi connectivity index (χ0n) is 17.8. The first-order valence-electron chi connectivity index (χ1n) is 10.6. The second-order valence-electron chi connectivity index (χ2n) is 7.96. The monoisotopic (exact) mass is 428 g/mol. The number of piperazine rings is 1. The average molecular weight is 429 g/mol. The number of amides is 1. The summed E-state index contributed by atoms with van der Waals surface area (Å²) in [6.45, 7) is 6.12. The van der Waals surface area contributed by atoms with E-state index < -0.39 is 0 Å². The van der Waals surface area contributed by atoms with Gasteiger partial charge in [-0.1, -0.05) is 6.07 Å². The summed E-state index contributed by atoms with van der Waals surface area (Å²) in [5.41, 5.74) is 5.91. The van der Waals surface area contributed by atoms with Crippen LogP contribution in [-0.4, -0.2) is 67.3 Å². The van der Waals surface area contributed by atoms with Crippen LogP contribution in [0, 0.1) is 6.92 Å². The maximum absolute atomic E-state index is 10.9. The number of anilines is 2. The van der Waals surface area contributed by atoms with Gasteiger partial charge in [0.25, 0.3) is 0 Å². The van der Waals surface area contributed by atoms with Crippen molar-refractivity contribution in [2.24, 2.45) is 0 Å². The van der Waals surface area contributed by atoms with Crippen LogP contribution in [0.5, 0.6) is 0 Å². The lowest BCUT2D eigenvalue weighted by molar-refractivity contribution is -0.119. The number of H-pyrrole nitrogens is 1. The van der Waals surface area contributed by atoms with E-state index in [1.165, 1.54) is 5.56 Å². The van der Waals surface area contributed by atoms with Gasteiger partial charge in [0.15, 0.2) is 0 Å². The van der Waals surface area contributed by atoms with E-state index in [0.717, 1.165) is 72.8 Å². The molecule has 1 aliphatic heterocycles. The molecule has 4 heterocycles. The minimum absolute atomic E-state index is 0.640. The van der Waals surface area contributed by atoms with Gasteiger partial charge in [-0.25, -0.2) is 19.9 Å². The molecule has 9 heteroatoms. The second kappa shape index (κ2) is 8.72. The summed E-state index contributed by atoms with van der Waals surface area (Å²) < 4.78 is 0. The van der Waals surface area contributed by atoms with Gasteiger partial charge in [0.05, 0.1) is 16.7 Å². The quantitative estimate of drug-likeness (QED) is 0.455. The predicted molar refractivity (Wildman–Crippen MR) is 122 cm³/mol. The van der Waals surface area contributed by atoms with Gasteiger partial charge in [-0.2, -0.15) is 0 Å². The average Bonchev–Trinajstić information content (AvgIpc) is 3.21. The Balaban J connectivity index is 1.31. The lowest BCUT2D eigenvalue weighted by Gasteiger charge is -2.32. The number of benzene rings is 1. The fourth-order valence-electron chi connectivity index (χ4n) is 3.96. The smallest absolute Gasteiger partial charge is 0.209 e. The fraction of sp³-hybridized carbons (Fsp3) is 0.261. The number of aryl methyl sites for hydroxylation is 1. The molecule has 0 spiro atoms. The third-order valence-electron chi connectivity index (χ3n) is 5.68. The summed E-state index contributed by atoms with van der Waals surface area (Å²) in [6, 6.07) is 10.1. The third-order valence-corrected chi connectivity index (χ3v) is 5.68. The largest absolute Gasteiger partial charge is 0.343 e. The lowest BCUT2D eigenvalue weighted by atomic mass is 10.1. The Morgan fingerprint density at radius 3 is 2.81 bits per heavy atom. The van der Waals surface area contributed by atoms with Gasteiger partial charge in [-0.05, 0) is 42.3 Å². The van der Waals surface area contributed by atoms with E-state index in [2.05, 4.69) is 35.1 Å². The Kier molecular flexibility index (Phi) is 5.47. The highest BCUT2D eigenvalue weighted by Crippen LogP contribution is 2.25. The molecule has 32 heavy (non-hydrogen) atoms. The number of fused-ring (bicyclic) bond motifs is 1. The molecule has 1 fully saturated rings. The number of carbonyl (C=O) groups is 1. The van der Waals surface area contributed by atoms with Crippen molar-refractivity contribution in [2.45, 2.75) is 13.5 Å². The number of aromatic nitrogens is 5. The van der Waals surface area contributed by atoms with E-state index in [0.29, 0.717) is 5.95 Å². The van der Waals surface area contributed by atoms with Gasteiger partial charge < -0.3 is 15.2 Å². The second-order valence-corrected chi connectivity index (χ2v) is 7.96. The molecular weight excluding hydrogens is 404 g/mol. The third kappa shape index (κ3) is 4.28. The van der Waals surface area contributed by atoms with E-state index in [-0.39, 0.29) is 0 Å². The Morgan fingerprint density at radius 1 is 1.12 bits per heavy atom. The van der Waals surface area contributed by atoms with Crippen LogP contribution in [0.25, 0.3) is 22.3 Å². The summed E-state index contributed by atoms with van der Waals surface area (Å²) in [4.78, 5) is 35.9. The van der Waals surface area contributed by atoms with Crippen LogP contribution in [-0.2, 0) is 11.3 Å². The number of pyridine rings is 1. The fourth-order valence-corrected chi connectivity index (χ4v) is 3.96. The molecule has 1 aliphatic rings. The zero-order chi connectivity index (χ0) is 21.9. The van der Waals surface area contributed by atoms with Crippen molar-refractivity contribution in [2.75, 3.05) is 31.5 Å². The number of hydrogen-bond acceptors (Lipinski definition) is 7. The van der Waals surface area contributed by atoms with Gasteiger partial charge in [0.1, 0.15) is 12.1 Å². The molecule has 0 saturated carbocycles. The van der Waals surface area contributed by atoms with Crippen LogP contribution in [0.1, 0.15) is 11.1 Å². The van der Waals surface area contributed by atoms with E-state index in [1.54, 1.807) is 12.5 Å². The highest BCUT2D eigenvalue weighted by atomic mass is 16.1. The number of hydrogen-bond donors (Lipinski definition) is 2. The van der Waals surface area contributed by atoms with Gasteiger partial charge in [0.2, 0.25) is 12.4 Å². The first kappa shape index (κ1) is 20.1. The van der Waals surface area contributed by atoms with Crippen molar-refractivity contribution in [1.82, 2.24) is 34.7 Å². The molecule has 0 radical (unpaired) electrons. The van der Waals surface area contributed by atoms with Crippen molar-refractivity contribution >= 4 is 29.2 Å². The molecule has 0 bridgehead atoms. The van der Waals surface area contributed by atoms with Crippen molar-refractivity contribution in [3.8, 4) is 11.3 Å². The molecule has 3 aromatic heterocycles. The number of imidazole rings is 1. The standard InChI is InChI=1S/C23H24N8O/c1-16-12-24-14-26-22(16)18-2-3-19-20(11-18)28-23(27-19)29-21-10-17(4-5-25-21)13-30-6-8-31(15-32)9-7-30/h2-5,10-12,14-15H,6-9,13H2,1H3,(H2,25,27,28,29). The molecule has 1 amide bonds. The Morgan fingerprint density at radius 2 is 2.00 bits per heavy atom. The highest BCUT2D eigenvalue weighted by Gasteiger charge is 2.16. The minimum Gasteiger partial charge on any atom is -0.343 e. The normalized spacial score (nSPS) is 14.6. The maximum atomic E-state index is 10.9. The first-order valence-corrected chi connectivity index (χ1v) is 10.6. The predicted octanol–water partition coefficient (Wildman–Crippen LogP) is 2.74. The van der Waals surface area contributed by atoms with Crippen molar-refractivity contribution in [3.63, 3.8) is 0 Å². The Bertz CT molecular complexity index is 1250. The Labute approximate surface area is 185 Å². The number of nitrogens with zero attached hydrogens (tertiary/aromatic N) is 6. The molecule has 2 N–H and O–H groups in total. The molecule has 9 nitrogen and oxygen atoms in total. The van der Waals surface area contributed by atoms with Crippen molar-refractivity contribution in [1.29, 1.82) is 0 Å². The molecule has 5 rings (SSSR count). The maximum Gasteiger partial charge on any atom is 0.209 e. The molecule has 4 aromatic rings. The Hall–Kier alpha value is -3.85. The zero-order valence-corrected chi connectivity index (χ0v) is 17.8. The molecule has 162 valence electrons. The molecule has 0 atom stereocenters. The van der Waals surface area contributed by atoms with Crippen molar-refractivity contribution < 1.29 is 4.79 Å². The van der Waals surface area contributed by atoms with E-state index in [1.807, 2.05) is 48.4 Å². The summed E-state index contributed by atoms with van der Waals surface area (Å²) in [6.07, 6.45) is 6.11. The highest BCUT2D eigenvalue weighted by molar-refractivity contribution is 5.83. The number of carbonyl (C=O) groups excluding carboxylic acids is 1. The van der Waals surface area contributed by atoms with Gasteiger partial charge in [-0.3, -0.25) is 9.69 Å². The number of aromatic amines is 1. The molecule has 0 aliphatic carbocycles. The SMILES string of the molecule is Cc1cncnc1-c1ccc2nc(Nc3cc(CN4CCN(C=O)CC4)ccn3)[nH]c2c1. The number of rotatable bonds is 6. The molecule has 0 unspecified atom stereocenters. The van der Waals surface area contributed by atoms with E-state index in [9.17, 15) is 4.79 Å². The van der Waals surface area contributed by atoms with Gasteiger partial charge in [0, 0.05) is 50.7 Å². The van der Waals surface area contributed by atoms with Crippen LogP contribution in [0.4, 0.5) is 11.8 Å². The van der Waals surface area contributed by atoms with Gasteiger partial charge in [-0.15, -0.1) is 0 Å². The summed E-state index contributed by atoms with van der Waals surface area (Å²) >= 11 is 0. The summed E-state index contributed by atoms with van der Waals surface area (Å²) in [7, 11) is 0. The molecular formula is C23H24N8O. The topological polar surface area (TPSA) is 103 Å². The van der Waals surface area contributed by atoms with E-state index in [4.69, 9.17) is 0 Å². The van der Waals surface area contributed by atoms with Crippen LogP contribution in [0.3, 0.4) is 0 Å². The minimum atomic E-state index is 0.640. The van der Waals surface area contributed by atoms with Crippen LogP contribution in [0.15, 0.2) is 49.1 Å². The molecule has 1 saturated heterocycles. The van der Waals surface area contributed by atoms with Crippen LogP contribution in [0.2, 0.25) is 0 Å². The first-order chi connectivity index (χ1) is 15.7. The van der Waals surface area contributed by atoms with Crippen LogP contribution >= 0.6 is 0 Å². The number of nitrogens with one attached hydrogen (secondary N) is 2. The van der Waals surface area contributed by atoms with E-state index >= 15 is 0 Å². The van der Waals surface area contributed by atoms with Gasteiger partial charge >= 0.3 is 0 Å². The summed E-state index contributed by atoms with van der Waals surface area (Å²) in [5.74, 6) is 1.38. The van der Waals surface area contributed by atoms with Crippen LogP contribution < -0.4 is 5.32 Å². The molecule has 1 aromatic carbocycles. The summed E-state index contributed by atoms with van der Waals surface area (Å²) in [5, 5.41) is 3.28.